The molecule has 0 spiro atoms. The van der Waals surface area contributed by atoms with Crippen molar-refractivity contribution < 1.29 is 4.74 Å². The number of nitrogens with zero attached hydrogens (tertiary/aromatic N) is 2. The van der Waals surface area contributed by atoms with E-state index in [9.17, 15) is 0 Å². The van der Waals surface area contributed by atoms with Crippen LogP contribution in [0.1, 0.15) is 11.1 Å². The van der Waals surface area contributed by atoms with Gasteiger partial charge >= 0.3 is 0 Å². The van der Waals surface area contributed by atoms with Crippen LogP contribution in [-0.2, 0) is 0 Å². The minimum absolute atomic E-state index is 0.867. The minimum Gasteiger partial charge on any atom is -0.497 e. The number of fused-ring (bicyclic) bond motifs is 1. The van der Waals surface area contributed by atoms with Crippen LogP contribution in [0.4, 0.5) is 0 Å². The van der Waals surface area contributed by atoms with Crippen LogP contribution in [0.3, 0.4) is 0 Å². The first-order valence-electron chi connectivity index (χ1n) is 5.86. The first-order chi connectivity index (χ1) is 9.36. The van der Waals surface area contributed by atoms with Crippen LogP contribution in [-0.4, -0.2) is 17.1 Å². The highest BCUT2D eigenvalue weighted by atomic mass is 32.1. The average Bonchev–Trinajstić information content (AvgIpc) is 2.89. The molecule has 0 aliphatic rings. The molecular formula is C15H12N2OS. The summed E-state index contributed by atoms with van der Waals surface area (Å²) in [6, 6.07) is 7.96. The zero-order valence-electron chi connectivity index (χ0n) is 10.4. The molecule has 0 atom stereocenters. The SMILES string of the molecule is COc1ccc(C=Cc2csc3cncnc23)cc1. The molecule has 2 heterocycles. The predicted molar refractivity (Wildman–Crippen MR) is 79.3 cm³/mol. The van der Waals surface area contributed by atoms with Gasteiger partial charge in [-0.2, -0.15) is 0 Å². The van der Waals surface area contributed by atoms with Crippen LogP contribution in [0, 0.1) is 0 Å². The van der Waals surface area contributed by atoms with E-state index >= 15 is 0 Å². The van der Waals surface area contributed by atoms with Crippen molar-refractivity contribution in [3.05, 3.63) is 53.3 Å². The van der Waals surface area contributed by atoms with E-state index in [1.54, 1.807) is 24.8 Å². The molecule has 19 heavy (non-hydrogen) atoms. The van der Waals surface area contributed by atoms with E-state index in [0.717, 1.165) is 27.1 Å². The summed E-state index contributed by atoms with van der Waals surface area (Å²) in [7, 11) is 1.67. The van der Waals surface area contributed by atoms with Gasteiger partial charge in [0.1, 0.15) is 12.1 Å². The number of methoxy groups -OCH3 is 1. The Hall–Kier alpha value is -2.20. The Kier molecular flexibility index (Phi) is 3.25. The van der Waals surface area contributed by atoms with E-state index in [1.807, 2.05) is 30.5 Å². The van der Waals surface area contributed by atoms with E-state index in [0.29, 0.717) is 0 Å². The van der Waals surface area contributed by atoms with Crippen molar-refractivity contribution in [3.8, 4) is 5.75 Å². The van der Waals surface area contributed by atoms with Crippen molar-refractivity contribution in [2.45, 2.75) is 0 Å². The lowest BCUT2D eigenvalue weighted by Crippen LogP contribution is -1.81. The van der Waals surface area contributed by atoms with Crippen molar-refractivity contribution >= 4 is 33.7 Å². The topological polar surface area (TPSA) is 35.0 Å². The molecule has 0 N–H and O–H groups in total. The zero-order valence-corrected chi connectivity index (χ0v) is 11.2. The monoisotopic (exact) mass is 268 g/mol. The fraction of sp³-hybridized carbons (Fsp3) is 0.0667. The molecule has 0 bridgehead atoms. The maximum absolute atomic E-state index is 5.14. The van der Waals surface area contributed by atoms with E-state index < -0.39 is 0 Å². The molecule has 0 saturated carbocycles. The molecule has 4 heteroatoms. The first kappa shape index (κ1) is 11.9. The normalized spacial score (nSPS) is 11.2. The summed E-state index contributed by atoms with van der Waals surface area (Å²) in [5.41, 5.74) is 3.26. The van der Waals surface area contributed by atoms with Crippen molar-refractivity contribution in [1.29, 1.82) is 0 Å². The quantitative estimate of drug-likeness (QED) is 0.723. The molecule has 3 aromatic rings. The lowest BCUT2D eigenvalue weighted by atomic mass is 10.1. The maximum Gasteiger partial charge on any atom is 0.118 e. The predicted octanol–water partition coefficient (Wildman–Crippen LogP) is 3.87. The molecule has 3 nitrogen and oxygen atoms in total. The standard InChI is InChI=1S/C15H12N2OS/c1-18-13-6-3-11(4-7-13)2-5-12-9-19-14-8-16-10-17-15(12)14/h2-10H,1H3. The number of aromatic nitrogens is 2. The molecule has 0 radical (unpaired) electrons. The van der Waals surface area contributed by atoms with Gasteiger partial charge < -0.3 is 4.74 Å². The van der Waals surface area contributed by atoms with Gasteiger partial charge in [0.2, 0.25) is 0 Å². The molecule has 0 aliphatic heterocycles. The molecule has 0 saturated heterocycles. The Bertz CT molecular complexity index is 716. The first-order valence-corrected chi connectivity index (χ1v) is 6.74. The number of hydrogen-bond donors (Lipinski definition) is 0. The van der Waals surface area contributed by atoms with Gasteiger partial charge in [0, 0.05) is 17.1 Å². The lowest BCUT2D eigenvalue weighted by Gasteiger charge is -1.98. The molecule has 1 aromatic carbocycles. The third-order valence-electron chi connectivity index (χ3n) is 2.84. The van der Waals surface area contributed by atoms with Crippen LogP contribution in [0.15, 0.2) is 42.2 Å². The van der Waals surface area contributed by atoms with Crippen molar-refractivity contribution in [2.75, 3.05) is 7.11 Å². The Balaban J connectivity index is 1.89. The second kappa shape index (κ2) is 5.20. The second-order valence-corrected chi connectivity index (χ2v) is 4.94. The average molecular weight is 268 g/mol. The fourth-order valence-corrected chi connectivity index (χ4v) is 2.67. The smallest absolute Gasteiger partial charge is 0.118 e. The number of benzene rings is 1. The van der Waals surface area contributed by atoms with Crippen LogP contribution in [0.2, 0.25) is 0 Å². The Labute approximate surface area is 115 Å². The van der Waals surface area contributed by atoms with Crippen molar-refractivity contribution in [3.63, 3.8) is 0 Å². The molecule has 0 aliphatic carbocycles. The zero-order chi connectivity index (χ0) is 13.1. The molecule has 94 valence electrons. The summed E-state index contributed by atoms with van der Waals surface area (Å²) in [4.78, 5) is 8.33. The third kappa shape index (κ3) is 2.48. The van der Waals surface area contributed by atoms with Crippen molar-refractivity contribution in [1.82, 2.24) is 9.97 Å². The Morgan fingerprint density at radius 3 is 2.79 bits per heavy atom. The van der Waals surface area contributed by atoms with Gasteiger partial charge in [0.25, 0.3) is 0 Å². The van der Waals surface area contributed by atoms with Gasteiger partial charge in [-0.05, 0) is 17.7 Å². The van der Waals surface area contributed by atoms with Gasteiger partial charge in [-0.25, -0.2) is 9.97 Å². The van der Waals surface area contributed by atoms with Gasteiger partial charge in [0.05, 0.1) is 17.3 Å². The number of ether oxygens (including phenoxy) is 1. The van der Waals surface area contributed by atoms with E-state index in [4.69, 9.17) is 4.74 Å². The van der Waals surface area contributed by atoms with Crippen molar-refractivity contribution in [2.24, 2.45) is 0 Å². The summed E-state index contributed by atoms with van der Waals surface area (Å²) in [6.45, 7) is 0. The molecule has 0 fully saturated rings. The summed E-state index contributed by atoms with van der Waals surface area (Å²) in [6.07, 6.45) is 7.58. The third-order valence-corrected chi connectivity index (χ3v) is 3.76. The number of rotatable bonds is 3. The van der Waals surface area contributed by atoms with Gasteiger partial charge in [-0.15, -0.1) is 11.3 Å². The van der Waals surface area contributed by atoms with E-state index in [2.05, 4.69) is 27.5 Å². The summed E-state index contributed by atoms with van der Waals surface area (Å²) >= 11 is 1.66. The van der Waals surface area contributed by atoms with Crippen LogP contribution in [0.25, 0.3) is 22.4 Å². The largest absolute Gasteiger partial charge is 0.497 e. The molecule has 3 rings (SSSR count). The Morgan fingerprint density at radius 2 is 2.00 bits per heavy atom. The van der Waals surface area contributed by atoms with Gasteiger partial charge in [-0.1, -0.05) is 24.3 Å². The highest BCUT2D eigenvalue weighted by molar-refractivity contribution is 7.17. The molecule has 2 aromatic heterocycles. The molecule has 0 amide bonds. The van der Waals surface area contributed by atoms with Crippen LogP contribution < -0.4 is 4.74 Å². The maximum atomic E-state index is 5.14. The minimum atomic E-state index is 0.867. The molecular weight excluding hydrogens is 256 g/mol. The highest BCUT2D eigenvalue weighted by Crippen LogP contribution is 2.24. The Morgan fingerprint density at radius 1 is 1.16 bits per heavy atom. The van der Waals surface area contributed by atoms with E-state index in [-0.39, 0.29) is 0 Å². The van der Waals surface area contributed by atoms with Gasteiger partial charge in [-0.3, -0.25) is 0 Å². The number of thiophene rings is 1. The summed E-state index contributed by atoms with van der Waals surface area (Å²) in [5.74, 6) is 0.867. The van der Waals surface area contributed by atoms with E-state index in [1.165, 1.54) is 0 Å². The number of hydrogen-bond acceptors (Lipinski definition) is 4. The summed E-state index contributed by atoms with van der Waals surface area (Å²) in [5, 5.41) is 2.10. The fourth-order valence-electron chi connectivity index (χ4n) is 1.82. The highest BCUT2D eigenvalue weighted by Gasteiger charge is 2.01. The molecule has 0 unspecified atom stereocenters. The van der Waals surface area contributed by atoms with Crippen LogP contribution in [0.5, 0.6) is 5.75 Å². The van der Waals surface area contributed by atoms with Crippen LogP contribution >= 0.6 is 11.3 Å². The van der Waals surface area contributed by atoms with Gasteiger partial charge in [0.15, 0.2) is 0 Å². The second-order valence-electron chi connectivity index (χ2n) is 4.03. The lowest BCUT2D eigenvalue weighted by molar-refractivity contribution is 0.415. The summed E-state index contributed by atoms with van der Waals surface area (Å²) < 4.78 is 6.25.